The zero-order valence-corrected chi connectivity index (χ0v) is 24.1. The number of amides is 1. The Hall–Kier alpha value is -1.98. The summed E-state index contributed by atoms with van der Waals surface area (Å²) in [5.41, 5.74) is 7.79. The van der Waals surface area contributed by atoms with Gasteiger partial charge in [0.2, 0.25) is 5.91 Å². The number of nitrogens with one attached hydrogen (secondary N) is 2. The molecular formula is C23H28BrCl2N6O4P. The van der Waals surface area contributed by atoms with Crippen molar-refractivity contribution in [3.8, 4) is 5.75 Å². The molecule has 1 atom stereocenters. The number of fused-ring (bicyclic) bond motifs is 1. The van der Waals surface area contributed by atoms with Crippen molar-refractivity contribution in [1.82, 2.24) is 14.6 Å². The number of anilines is 3. The van der Waals surface area contributed by atoms with Gasteiger partial charge in [0.25, 0.3) is 0 Å². The van der Waals surface area contributed by atoms with E-state index in [-0.39, 0.29) is 43.8 Å². The molecule has 0 aliphatic carbocycles. The molecule has 200 valence electrons. The average Bonchev–Trinajstić information content (AvgIpc) is 2.86. The topological polar surface area (TPSA) is 132 Å². The second-order valence-electron chi connectivity index (χ2n) is 7.81. The molecule has 4 N–H and O–H groups in total. The van der Waals surface area contributed by atoms with E-state index in [2.05, 4.69) is 36.5 Å². The fourth-order valence-corrected chi connectivity index (χ4v) is 5.82. The van der Waals surface area contributed by atoms with Crippen LogP contribution >= 0.6 is 46.8 Å². The highest BCUT2D eigenvalue weighted by molar-refractivity contribution is 9.10. The van der Waals surface area contributed by atoms with Crippen LogP contribution in [0.25, 0.3) is 10.9 Å². The van der Waals surface area contributed by atoms with Gasteiger partial charge in [-0.05, 0) is 30.7 Å². The summed E-state index contributed by atoms with van der Waals surface area (Å²) in [6.45, 7) is 0.602. The molecule has 3 aromatic rings. The number of aromatic nitrogens is 2. The average molecular weight is 634 g/mol. The van der Waals surface area contributed by atoms with E-state index in [1.807, 2.05) is 24.3 Å². The number of methoxy groups -OCH3 is 1. The maximum absolute atomic E-state index is 12.7. The molecule has 0 aliphatic rings. The highest BCUT2D eigenvalue weighted by atomic mass is 79.9. The molecule has 0 radical (unpaired) electrons. The monoisotopic (exact) mass is 632 g/mol. The molecule has 1 heterocycles. The van der Waals surface area contributed by atoms with Crippen LogP contribution in [0.5, 0.6) is 5.75 Å². The van der Waals surface area contributed by atoms with E-state index in [1.165, 1.54) is 18.1 Å². The molecule has 0 saturated heterocycles. The summed E-state index contributed by atoms with van der Waals surface area (Å²) in [4.78, 5) is 21.4. The molecule has 3 rings (SSSR count). The number of rotatable bonds is 14. The van der Waals surface area contributed by atoms with Crippen LogP contribution in [0, 0.1) is 0 Å². The molecule has 10 nitrogen and oxygen atoms in total. The Morgan fingerprint density at radius 1 is 1.19 bits per heavy atom. The van der Waals surface area contributed by atoms with Gasteiger partial charge < -0.3 is 19.9 Å². The number of carbonyl (C=O) groups is 1. The lowest BCUT2D eigenvalue weighted by atomic mass is 10.1. The van der Waals surface area contributed by atoms with E-state index in [1.54, 1.807) is 12.1 Å². The van der Waals surface area contributed by atoms with Crippen LogP contribution in [0.4, 0.5) is 17.2 Å². The Labute approximate surface area is 233 Å². The number of hydrogen-bond acceptors (Lipinski definition) is 7. The maximum Gasteiger partial charge on any atom is 0.340 e. The van der Waals surface area contributed by atoms with E-state index in [0.29, 0.717) is 34.6 Å². The quantitative estimate of drug-likeness (QED) is 0.116. The number of nitrogens with two attached hydrogens (primary N) is 1. The summed E-state index contributed by atoms with van der Waals surface area (Å²) in [6, 6.07) is 11.2. The highest BCUT2D eigenvalue weighted by Gasteiger charge is 2.26. The first-order valence-electron chi connectivity index (χ1n) is 11.3. The molecular weight excluding hydrogens is 606 g/mol. The lowest BCUT2D eigenvalue weighted by Crippen LogP contribution is -2.29. The smallest absolute Gasteiger partial charge is 0.340 e. The number of hydrogen-bond donors (Lipinski definition) is 3. The van der Waals surface area contributed by atoms with E-state index < -0.39 is 7.67 Å². The fourth-order valence-electron chi connectivity index (χ4n) is 3.46. The van der Waals surface area contributed by atoms with Crippen LogP contribution in [0.15, 0.2) is 47.2 Å². The van der Waals surface area contributed by atoms with Gasteiger partial charge in [0.1, 0.15) is 17.9 Å². The van der Waals surface area contributed by atoms with Gasteiger partial charge in [0.05, 0.1) is 24.9 Å². The Kier molecular flexibility index (Phi) is 11.4. The normalized spacial score (nSPS) is 12.9. The first kappa shape index (κ1) is 29.6. The van der Waals surface area contributed by atoms with Gasteiger partial charge in [-0.3, -0.25) is 9.36 Å². The van der Waals surface area contributed by atoms with Gasteiger partial charge >= 0.3 is 7.67 Å². The molecule has 1 amide bonds. The first-order valence-corrected chi connectivity index (χ1v) is 14.8. The SMILES string of the molecule is COc1cc2ncnc(Nc3cccc(Br)c3)c2cc1NC(=O)CCCOP(N)(=O)N(CCCl)CCCl. The van der Waals surface area contributed by atoms with Crippen LogP contribution in [-0.2, 0) is 13.9 Å². The van der Waals surface area contributed by atoms with Crippen LogP contribution in [0.3, 0.4) is 0 Å². The summed E-state index contributed by atoms with van der Waals surface area (Å²) >= 11 is 14.9. The van der Waals surface area contributed by atoms with E-state index in [4.69, 9.17) is 38.0 Å². The zero-order valence-electron chi connectivity index (χ0n) is 20.1. The zero-order chi connectivity index (χ0) is 26.8. The Morgan fingerprint density at radius 2 is 1.95 bits per heavy atom. The molecule has 14 heteroatoms. The second kappa shape index (κ2) is 14.2. The van der Waals surface area contributed by atoms with Crippen molar-refractivity contribution in [2.75, 3.05) is 49.2 Å². The molecule has 1 aromatic heterocycles. The molecule has 37 heavy (non-hydrogen) atoms. The minimum Gasteiger partial charge on any atom is -0.494 e. The second-order valence-corrected chi connectivity index (χ2v) is 11.4. The van der Waals surface area contributed by atoms with Gasteiger partial charge in [0, 0.05) is 52.9 Å². The number of carbonyl (C=O) groups excluding carboxylic acids is 1. The summed E-state index contributed by atoms with van der Waals surface area (Å²) in [5.74, 6) is 1.23. The van der Waals surface area contributed by atoms with E-state index in [0.717, 1.165) is 10.2 Å². The van der Waals surface area contributed by atoms with Gasteiger partial charge in [-0.2, -0.15) is 0 Å². The van der Waals surface area contributed by atoms with Gasteiger partial charge in [-0.25, -0.2) is 20.1 Å². The van der Waals surface area contributed by atoms with Crippen molar-refractivity contribution >= 4 is 80.8 Å². The van der Waals surface area contributed by atoms with Crippen LogP contribution in [0.1, 0.15) is 12.8 Å². The largest absolute Gasteiger partial charge is 0.494 e. The summed E-state index contributed by atoms with van der Waals surface area (Å²) in [7, 11) is -2.04. The van der Waals surface area contributed by atoms with Crippen molar-refractivity contribution in [3.05, 3.63) is 47.2 Å². The summed E-state index contributed by atoms with van der Waals surface area (Å²) < 4.78 is 25.8. The van der Waals surface area contributed by atoms with Gasteiger partial charge in [0.15, 0.2) is 0 Å². The third-order valence-corrected chi connectivity index (χ3v) is 7.79. The third kappa shape index (κ3) is 8.51. The Morgan fingerprint density at radius 3 is 2.62 bits per heavy atom. The minimum absolute atomic E-state index is 0.0334. The minimum atomic E-state index is -3.55. The molecule has 2 aromatic carbocycles. The van der Waals surface area contributed by atoms with E-state index in [9.17, 15) is 9.36 Å². The first-order chi connectivity index (χ1) is 17.8. The molecule has 0 bridgehead atoms. The van der Waals surface area contributed by atoms with Gasteiger partial charge in [-0.1, -0.05) is 22.0 Å². The predicted octanol–water partition coefficient (Wildman–Crippen LogP) is 5.73. The molecule has 1 unspecified atom stereocenters. The number of nitrogens with zero attached hydrogens (tertiary/aromatic N) is 3. The lowest BCUT2D eigenvalue weighted by Gasteiger charge is -2.26. The number of alkyl halides is 2. The maximum atomic E-state index is 12.7. The van der Waals surface area contributed by atoms with Crippen molar-refractivity contribution in [1.29, 1.82) is 0 Å². The standard InChI is InChI=1S/C23H28BrCl2N6O4P/c1-35-21-14-19-18(23(29-15-28-19)30-17-5-2-4-16(24)12-17)13-20(21)31-22(33)6-3-11-36-37(27,34)32(9-7-25)10-8-26/h2,4-5,12-15H,3,6-11H2,1H3,(H2,27,34)(H,31,33)(H,28,29,30). The third-order valence-electron chi connectivity index (χ3n) is 5.22. The molecule has 0 aliphatic heterocycles. The molecule has 0 saturated carbocycles. The fraction of sp³-hybridized carbons (Fsp3) is 0.348. The summed E-state index contributed by atoms with van der Waals surface area (Å²) in [5, 5.41) is 6.84. The van der Waals surface area contributed by atoms with Crippen LogP contribution in [-0.4, -0.2) is 59.1 Å². The Balaban J connectivity index is 1.67. The highest BCUT2D eigenvalue weighted by Crippen LogP contribution is 2.42. The van der Waals surface area contributed by atoms with Crippen LogP contribution < -0.4 is 20.9 Å². The molecule has 0 fully saturated rings. The predicted molar refractivity (Wildman–Crippen MR) is 152 cm³/mol. The number of halogens is 3. The van der Waals surface area contributed by atoms with Crippen molar-refractivity contribution in [2.45, 2.75) is 12.8 Å². The number of ether oxygens (including phenoxy) is 1. The summed E-state index contributed by atoms with van der Waals surface area (Å²) in [6.07, 6.45) is 1.87. The van der Waals surface area contributed by atoms with Crippen molar-refractivity contribution in [3.63, 3.8) is 0 Å². The van der Waals surface area contributed by atoms with Crippen molar-refractivity contribution < 1.29 is 18.6 Å². The number of benzene rings is 2. The lowest BCUT2D eigenvalue weighted by molar-refractivity contribution is -0.116. The molecule has 0 spiro atoms. The van der Waals surface area contributed by atoms with E-state index >= 15 is 0 Å². The van der Waals surface area contributed by atoms with Crippen LogP contribution in [0.2, 0.25) is 0 Å². The Bertz CT molecular complexity index is 1270. The van der Waals surface area contributed by atoms with Gasteiger partial charge in [-0.15, -0.1) is 23.2 Å². The van der Waals surface area contributed by atoms with Crippen molar-refractivity contribution in [2.24, 2.45) is 5.50 Å².